The van der Waals surface area contributed by atoms with Gasteiger partial charge in [0.25, 0.3) is 0 Å². The van der Waals surface area contributed by atoms with Crippen molar-refractivity contribution in [3.8, 4) is 5.75 Å². The molecule has 16 heavy (non-hydrogen) atoms. The van der Waals surface area contributed by atoms with E-state index < -0.39 is 34.8 Å². The smallest absolute Gasteiger partial charge is 0.306 e. The van der Waals surface area contributed by atoms with Crippen molar-refractivity contribution in [1.29, 1.82) is 0 Å². The fraction of sp³-hybridized carbons (Fsp3) is 0.300. The number of hydrogen-bond donors (Lipinski definition) is 2. The number of aliphatic carboxylic acids is 1. The molecule has 0 aliphatic rings. The molecule has 0 amide bonds. The topological polar surface area (TPSA) is 57.5 Å². The third-order valence-electron chi connectivity index (χ3n) is 2.17. The van der Waals surface area contributed by atoms with E-state index >= 15 is 0 Å². The molecule has 0 bridgehead atoms. The average molecular weight is 251 g/mol. The standard InChI is InChI=1S/C10H9ClF2O3/c1-4(10(15)16)2-5-8(13)7(12)3-6(11)9(5)14/h3-4,14H,2H2,1H3,(H,15,16). The largest absolute Gasteiger partial charge is 0.506 e. The predicted octanol–water partition coefficient (Wildman–Crippen LogP) is 2.59. The number of carbonyl (C=O) groups is 1. The lowest BCUT2D eigenvalue weighted by molar-refractivity contribution is -0.141. The van der Waals surface area contributed by atoms with E-state index in [9.17, 15) is 18.7 Å². The van der Waals surface area contributed by atoms with Crippen LogP contribution in [0.2, 0.25) is 5.02 Å². The Morgan fingerprint density at radius 3 is 2.62 bits per heavy atom. The number of hydrogen-bond acceptors (Lipinski definition) is 2. The Morgan fingerprint density at radius 1 is 1.56 bits per heavy atom. The molecule has 2 N–H and O–H groups in total. The lowest BCUT2D eigenvalue weighted by Gasteiger charge is -2.11. The highest BCUT2D eigenvalue weighted by molar-refractivity contribution is 6.32. The molecule has 88 valence electrons. The minimum atomic E-state index is -1.27. The molecule has 0 heterocycles. The van der Waals surface area contributed by atoms with E-state index in [0.717, 1.165) is 0 Å². The van der Waals surface area contributed by atoms with Crippen LogP contribution in [0.25, 0.3) is 0 Å². The molecule has 0 fully saturated rings. The van der Waals surface area contributed by atoms with E-state index in [-0.39, 0.29) is 11.4 Å². The second-order valence-corrected chi connectivity index (χ2v) is 3.83. The first-order chi connectivity index (χ1) is 7.34. The molecule has 6 heteroatoms. The highest BCUT2D eigenvalue weighted by Crippen LogP contribution is 2.32. The quantitative estimate of drug-likeness (QED) is 0.811. The van der Waals surface area contributed by atoms with Crippen LogP contribution in [0.5, 0.6) is 5.75 Å². The molecule has 1 rings (SSSR count). The van der Waals surface area contributed by atoms with Crippen molar-refractivity contribution in [1.82, 2.24) is 0 Å². The third kappa shape index (κ3) is 2.41. The van der Waals surface area contributed by atoms with Gasteiger partial charge < -0.3 is 10.2 Å². The van der Waals surface area contributed by atoms with Gasteiger partial charge in [-0.25, -0.2) is 8.78 Å². The molecule has 0 radical (unpaired) electrons. The van der Waals surface area contributed by atoms with E-state index in [1.165, 1.54) is 6.92 Å². The van der Waals surface area contributed by atoms with Gasteiger partial charge >= 0.3 is 5.97 Å². The average Bonchev–Trinajstić information content (AvgIpc) is 2.21. The van der Waals surface area contributed by atoms with Crippen molar-refractivity contribution in [2.45, 2.75) is 13.3 Å². The molecule has 0 aliphatic heterocycles. The molecule has 0 aromatic heterocycles. The van der Waals surface area contributed by atoms with Crippen LogP contribution in [0.1, 0.15) is 12.5 Å². The monoisotopic (exact) mass is 250 g/mol. The molecule has 0 saturated carbocycles. The number of aromatic hydroxyl groups is 1. The molecule has 0 aliphatic carbocycles. The zero-order valence-corrected chi connectivity index (χ0v) is 9.05. The number of phenols is 1. The zero-order chi connectivity index (χ0) is 12.5. The van der Waals surface area contributed by atoms with Crippen molar-refractivity contribution >= 4 is 17.6 Å². The lowest BCUT2D eigenvalue weighted by Crippen LogP contribution is -2.13. The molecule has 3 nitrogen and oxygen atoms in total. The van der Waals surface area contributed by atoms with E-state index in [0.29, 0.717) is 6.07 Å². The van der Waals surface area contributed by atoms with Crippen LogP contribution in [0, 0.1) is 17.6 Å². The van der Waals surface area contributed by atoms with Crippen molar-refractivity contribution in [3.63, 3.8) is 0 Å². The normalized spacial score (nSPS) is 12.5. The summed E-state index contributed by atoms with van der Waals surface area (Å²) in [4.78, 5) is 10.6. The zero-order valence-electron chi connectivity index (χ0n) is 8.30. The van der Waals surface area contributed by atoms with Crippen LogP contribution in [0.4, 0.5) is 8.78 Å². The van der Waals surface area contributed by atoms with E-state index in [4.69, 9.17) is 16.7 Å². The van der Waals surface area contributed by atoms with E-state index in [1.54, 1.807) is 0 Å². The van der Waals surface area contributed by atoms with Crippen LogP contribution in [0.3, 0.4) is 0 Å². The number of carboxylic acid groups (broad SMARTS) is 1. The molecule has 1 unspecified atom stereocenters. The number of halogens is 3. The Hall–Kier alpha value is -1.36. The highest BCUT2D eigenvalue weighted by atomic mass is 35.5. The molecule has 1 aromatic rings. The first-order valence-electron chi connectivity index (χ1n) is 4.42. The van der Waals surface area contributed by atoms with Crippen LogP contribution in [-0.2, 0) is 11.2 Å². The van der Waals surface area contributed by atoms with Gasteiger partial charge in [-0.15, -0.1) is 0 Å². The van der Waals surface area contributed by atoms with Crippen molar-refractivity contribution < 1.29 is 23.8 Å². The van der Waals surface area contributed by atoms with Gasteiger partial charge in [0.15, 0.2) is 11.6 Å². The predicted molar refractivity (Wildman–Crippen MR) is 53.5 cm³/mol. The fourth-order valence-corrected chi connectivity index (χ4v) is 1.42. The second-order valence-electron chi connectivity index (χ2n) is 3.42. The van der Waals surface area contributed by atoms with Crippen LogP contribution >= 0.6 is 11.6 Å². The third-order valence-corrected chi connectivity index (χ3v) is 2.46. The first-order valence-corrected chi connectivity index (χ1v) is 4.80. The Kier molecular flexibility index (Phi) is 3.70. The van der Waals surface area contributed by atoms with E-state index in [2.05, 4.69) is 0 Å². The van der Waals surface area contributed by atoms with Gasteiger partial charge in [0.05, 0.1) is 10.9 Å². The summed E-state index contributed by atoms with van der Waals surface area (Å²) in [6.45, 7) is 1.32. The Labute approximate surface area is 95.3 Å². The molecule has 1 aromatic carbocycles. The maximum atomic E-state index is 13.3. The Balaban J connectivity index is 3.17. The lowest BCUT2D eigenvalue weighted by atomic mass is 10.00. The Bertz CT molecular complexity index is 408. The highest BCUT2D eigenvalue weighted by Gasteiger charge is 2.21. The van der Waals surface area contributed by atoms with Crippen molar-refractivity contribution in [3.05, 3.63) is 28.3 Å². The maximum absolute atomic E-state index is 13.3. The van der Waals surface area contributed by atoms with Gasteiger partial charge in [-0.05, 0) is 12.5 Å². The summed E-state index contributed by atoms with van der Waals surface area (Å²) in [5, 5.41) is 17.7. The number of benzene rings is 1. The molecule has 0 spiro atoms. The van der Waals surface area contributed by atoms with Gasteiger partial charge in [0.1, 0.15) is 5.75 Å². The number of rotatable bonds is 3. The van der Waals surface area contributed by atoms with Crippen molar-refractivity contribution in [2.24, 2.45) is 5.92 Å². The first kappa shape index (κ1) is 12.7. The van der Waals surface area contributed by atoms with Crippen molar-refractivity contribution in [2.75, 3.05) is 0 Å². The number of phenolic OH excluding ortho intramolecular Hbond substituents is 1. The summed E-state index contributed by atoms with van der Waals surface area (Å²) in [6.07, 6.45) is -0.329. The summed E-state index contributed by atoms with van der Waals surface area (Å²) in [6, 6.07) is 0.640. The van der Waals surface area contributed by atoms with Gasteiger partial charge in [-0.1, -0.05) is 18.5 Å². The van der Waals surface area contributed by atoms with Crippen LogP contribution in [0.15, 0.2) is 6.07 Å². The minimum absolute atomic E-state index is 0.329. The maximum Gasteiger partial charge on any atom is 0.306 e. The van der Waals surface area contributed by atoms with Crippen LogP contribution in [-0.4, -0.2) is 16.2 Å². The van der Waals surface area contributed by atoms with Crippen LogP contribution < -0.4 is 0 Å². The SMILES string of the molecule is CC(Cc1c(O)c(Cl)cc(F)c1F)C(=O)O. The fourth-order valence-electron chi connectivity index (χ4n) is 1.22. The molecule has 1 atom stereocenters. The minimum Gasteiger partial charge on any atom is -0.506 e. The molecule has 0 saturated heterocycles. The summed E-state index contributed by atoms with van der Waals surface area (Å²) in [5.41, 5.74) is -0.417. The summed E-state index contributed by atoms with van der Waals surface area (Å²) in [7, 11) is 0. The molecular formula is C10H9ClF2O3. The Morgan fingerprint density at radius 2 is 2.12 bits per heavy atom. The van der Waals surface area contributed by atoms with E-state index in [1.807, 2.05) is 0 Å². The summed E-state index contributed by atoms with van der Waals surface area (Å²) >= 11 is 5.45. The van der Waals surface area contributed by atoms with Gasteiger partial charge in [0, 0.05) is 5.56 Å². The summed E-state index contributed by atoms with van der Waals surface area (Å²) < 4.78 is 26.2. The number of carboxylic acids is 1. The van der Waals surface area contributed by atoms with Gasteiger partial charge in [-0.2, -0.15) is 0 Å². The molecular weight excluding hydrogens is 242 g/mol. The van der Waals surface area contributed by atoms with Gasteiger partial charge in [-0.3, -0.25) is 4.79 Å². The summed E-state index contributed by atoms with van der Waals surface area (Å²) in [5.74, 6) is -5.21. The van der Waals surface area contributed by atoms with Gasteiger partial charge in [0.2, 0.25) is 0 Å². The second kappa shape index (κ2) is 4.65.